The maximum absolute atomic E-state index is 12.3. The number of sulfonamides is 1. The predicted octanol–water partition coefficient (Wildman–Crippen LogP) is 3.17. The number of hydrogen-bond acceptors (Lipinski definition) is 5. The van der Waals surface area contributed by atoms with Crippen LogP contribution in [0.3, 0.4) is 0 Å². The summed E-state index contributed by atoms with van der Waals surface area (Å²) in [7, 11) is -3.65. The Labute approximate surface area is 146 Å². The molecule has 0 radical (unpaired) electrons. The summed E-state index contributed by atoms with van der Waals surface area (Å²) in [5.41, 5.74) is 1.03. The van der Waals surface area contributed by atoms with Gasteiger partial charge in [0.05, 0.1) is 17.3 Å². The fourth-order valence-electron chi connectivity index (χ4n) is 2.38. The first-order valence-electron chi connectivity index (χ1n) is 7.77. The van der Waals surface area contributed by atoms with Crippen LogP contribution in [0.25, 0.3) is 0 Å². The van der Waals surface area contributed by atoms with Crippen molar-refractivity contribution in [1.82, 2.24) is 4.72 Å². The smallest absolute Gasteiger partial charge is 0.269 e. The minimum Gasteiger partial charge on any atom is -0.494 e. The van der Waals surface area contributed by atoms with E-state index in [1.54, 1.807) is 37.3 Å². The Morgan fingerprint density at radius 3 is 2.48 bits per heavy atom. The Hall–Kier alpha value is -2.45. The van der Waals surface area contributed by atoms with Crippen molar-refractivity contribution in [1.29, 1.82) is 0 Å². The van der Waals surface area contributed by atoms with Crippen LogP contribution in [0.1, 0.15) is 31.0 Å². The van der Waals surface area contributed by atoms with Crippen LogP contribution in [0.15, 0.2) is 48.5 Å². The largest absolute Gasteiger partial charge is 0.494 e. The molecule has 8 heteroatoms. The summed E-state index contributed by atoms with van der Waals surface area (Å²) in [4.78, 5) is 10.2. The Bertz CT molecular complexity index is 834. The molecule has 0 heterocycles. The van der Waals surface area contributed by atoms with Gasteiger partial charge in [0.15, 0.2) is 0 Å². The second kappa shape index (κ2) is 8.09. The van der Waals surface area contributed by atoms with Crippen LogP contribution in [-0.2, 0) is 15.8 Å². The second-order valence-corrected chi connectivity index (χ2v) is 7.28. The number of non-ortho nitro benzene ring substituents is 1. The van der Waals surface area contributed by atoms with Crippen molar-refractivity contribution in [2.75, 3.05) is 6.61 Å². The summed E-state index contributed by atoms with van der Waals surface area (Å²) in [5, 5.41) is 10.8. The van der Waals surface area contributed by atoms with Gasteiger partial charge in [0.2, 0.25) is 10.0 Å². The van der Waals surface area contributed by atoms with Crippen LogP contribution >= 0.6 is 0 Å². The quantitative estimate of drug-likeness (QED) is 0.573. The number of nitrogens with zero attached hydrogens (tertiary/aromatic N) is 1. The van der Waals surface area contributed by atoms with Crippen LogP contribution in [0, 0.1) is 10.1 Å². The average molecular weight is 364 g/mol. The highest BCUT2D eigenvalue weighted by molar-refractivity contribution is 7.88. The van der Waals surface area contributed by atoms with E-state index in [1.807, 2.05) is 6.92 Å². The molecule has 25 heavy (non-hydrogen) atoms. The zero-order valence-electron chi connectivity index (χ0n) is 14.0. The molecule has 2 aromatic rings. The van der Waals surface area contributed by atoms with Crippen molar-refractivity contribution in [2.24, 2.45) is 0 Å². The van der Waals surface area contributed by atoms with Crippen molar-refractivity contribution >= 4 is 15.7 Å². The molecule has 0 aliphatic rings. The lowest BCUT2D eigenvalue weighted by Crippen LogP contribution is -2.28. The maximum atomic E-state index is 12.3. The standard InChI is InChI=1S/C17H20N2O5S/c1-3-24-17-9-7-15(8-10-17)13(2)18-25(22,23)12-14-5-4-6-16(11-14)19(20)21/h4-11,13,18H,3,12H2,1-2H3. The van der Waals surface area contributed by atoms with Gasteiger partial charge in [-0.05, 0) is 37.1 Å². The topological polar surface area (TPSA) is 98.5 Å². The van der Waals surface area contributed by atoms with Crippen LogP contribution in [0.4, 0.5) is 5.69 Å². The second-order valence-electron chi connectivity index (χ2n) is 5.53. The highest BCUT2D eigenvalue weighted by Gasteiger charge is 2.18. The lowest BCUT2D eigenvalue weighted by Gasteiger charge is -2.15. The van der Waals surface area contributed by atoms with E-state index in [-0.39, 0.29) is 11.4 Å². The Balaban J connectivity index is 2.07. The Morgan fingerprint density at radius 1 is 1.20 bits per heavy atom. The Morgan fingerprint density at radius 2 is 1.88 bits per heavy atom. The molecule has 0 aliphatic heterocycles. The Kier molecular flexibility index (Phi) is 6.11. The summed E-state index contributed by atoms with van der Waals surface area (Å²) in [6.07, 6.45) is 0. The molecule has 0 fully saturated rings. The maximum Gasteiger partial charge on any atom is 0.269 e. The van der Waals surface area contributed by atoms with Gasteiger partial charge in [0.1, 0.15) is 5.75 Å². The summed E-state index contributed by atoms with van der Waals surface area (Å²) in [5.74, 6) is 0.397. The molecule has 0 amide bonds. The fourth-order valence-corrected chi connectivity index (χ4v) is 3.75. The summed E-state index contributed by atoms with van der Waals surface area (Å²) < 4.78 is 32.6. The molecule has 2 aromatic carbocycles. The molecule has 0 spiro atoms. The van der Waals surface area contributed by atoms with Crippen LogP contribution < -0.4 is 9.46 Å². The fraction of sp³-hybridized carbons (Fsp3) is 0.294. The molecule has 134 valence electrons. The van der Waals surface area contributed by atoms with Gasteiger partial charge in [0.25, 0.3) is 5.69 Å². The van der Waals surface area contributed by atoms with Crippen molar-refractivity contribution in [3.8, 4) is 5.75 Å². The van der Waals surface area contributed by atoms with Crippen LogP contribution in [0.2, 0.25) is 0 Å². The lowest BCUT2D eigenvalue weighted by atomic mass is 10.1. The first-order chi connectivity index (χ1) is 11.8. The van der Waals surface area contributed by atoms with Gasteiger partial charge in [-0.15, -0.1) is 0 Å². The molecule has 2 rings (SSSR count). The first kappa shape index (κ1) is 18.9. The highest BCUT2D eigenvalue weighted by Crippen LogP contribution is 2.20. The van der Waals surface area contributed by atoms with E-state index in [0.29, 0.717) is 12.2 Å². The molecular formula is C17H20N2O5S. The zero-order valence-corrected chi connectivity index (χ0v) is 14.8. The van der Waals surface area contributed by atoms with Crippen molar-refractivity contribution in [3.05, 3.63) is 69.8 Å². The zero-order chi connectivity index (χ0) is 18.4. The summed E-state index contributed by atoms with van der Waals surface area (Å²) in [6, 6.07) is 12.3. The SMILES string of the molecule is CCOc1ccc(C(C)NS(=O)(=O)Cc2cccc([N+](=O)[O-])c2)cc1. The number of rotatable bonds is 8. The molecule has 0 bridgehead atoms. The molecule has 1 unspecified atom stereocenters. The summed E-state index contributed by atoms with van der Waals surface area (Å²) >= 11 is 0. The molecule has 0 aromatic heterocycles. The molecule has 1 N–H and O–H groups in total. The van der Waals surface area contributed by atoms with E-state index in [1.165, 1.54) is 18.2 Å². The van der Waals surface area contributed by atoms with Gasteiger partial charge in [0, 0.05) is 18.2 Å². The van der Waals surface area contributed by atoms with Gasteiger partial charge in [-0.3, -0.25) is 10.1 Å². The molecule has 0 saturated heterocycles. The molecule has 0 aliphatic carbocycles. The van der Waals surface area contributed by atoms with E-state index in [9.17, 15) is 18.5 Å². The van der Waals surface area contributed by atoms with Crippen molar-refractivity contribution < 1.29 is 18.1 Å². The lowest BCUT2D eigenvalue weighted by molar-refractivity contribution is -0.384. The minimum atomic E-state index is -3.65. The van der Waals surface area contributed by atoms with Gasteiger partial charge in [-0.25, -0.2) is 13.1 Å². The number of ether oxygens (including phenoxy) is 1. The van der Waals surface area contributed by atoms with Crippen molar-refractivity contribution in [3.63, 3.8) is 0 Å². The van der Waals surface area contributed by atoms with E-state index >= 15 is 0 Å². The van der Waals surface area contributed by atoms with E-state index in [4.69, 9.17) is 4.74 Å². The third kappa shape index (κ3) is 5.54. The number of nitrogens with one attached hydrogen (secondary N) is 1. The van der Waals surface area contributed by atoms with E-state index < -0.39 is 21.0 Å². The van der Waals surface area contributed by atoms with Gasteiger partial charge in [-0.1, -0.05) is 24.3 Å². The molecule has 7 nitrogen and oxygen atoms in total. The van der Waals surface area contributed by atoms with Crippen LogP contribution in [0.5, 0.6) is 5.75 Å². The molecule has 0 saturated carbocycles. The average Bonchev–Trinajstić information content (AvgIpc) is 2.55. The number of nitro groups is 1. The van der Waals surface area contributed by atoms with Gasteiger partial charge < -0.3 is 4.74 Å². The third-order valence-electron chi connectivity index (χ3n) is 3.53. The van der Waals surface area contributed by atoms with Gasteiger partial charge >= 0.3 is 0 Å². The van der Waals surface area contributed by atoms with E-state index in [2.05, 4.69) is 4.72 Å². The number of benzene rings is 2. The number of hydrogen-bond donors (Lipinski definition) is 1. The highest BCUT2D eigenvalue weighted by atomic mass is 32.2. The number of nitro benzene ring substituents is 1. The van der Waals surface area contributed by atoms with Gasteiger partial charge in [-0.2, -0.15) is 0 Å². The van der Waals surface area contributed by atoms with E-state index in [0.717, 1.165) is 11.3 Å². The normalized spacial score (nSPS) is 12.6. The predicted molar refractivity (Wildman–Crippen MR) is 94.9 cm³/mol. The molecule has 1 atom stereocenters. The third-order valence-corrected chi connectivity index (χ3v) is 4.95. The molecular weight excluding hydrogens is 344 g/mol. The van der Waals surface area contributed by atoms with Crippen molar-refractivity contribution in [2.45, 2.75) is 25.6 Å². The van der Waals surface area contributed by atoms with Crippen LogP contribution in [-0.4, -0.2) is 19.9 Å². The minimum absolute atomic E-state index is 0.132. The monoisotopic (exact) mass is 364 g/mol. The summed E-state index contributed by atoms with van der Waals surface area (Å²) in [6.45, 7) is 4.18. The first-order valence-corrected chi connectivity index (χ1v) is 9.42.